The van der Waals surface area contributed by atoms with Crippen molar-refractivity contribution >= 4 is 11.6 Å². The maximum atomic E-state index is 12.9. The zero-order chi connectivity index (χ0) is 17.5. The lowest BCUT2D eigenvalue weighted by Gasteiger charge is -2.32. The maximum Gasteiger partial charge on any atom is 0.276 e. The second kappa shape index (κ2) is 6.23. The van der Waals surface area contributed by atoms with E-state index in [0.29, 0.717) is 11.6 Å². The Hall–Kier alpha value is -2.70. The maximum absolute atomic E-state index is 12.9. The average molecular weight is 351 g/mol. The minimum absolute atomic E-state index is 0.0225. The number of carbonyl (C=O) groups is 1. The van der Waals surface area contributed by atoms with Gasteiger partial charge in [0.2, 0.25) is 0 Å². The highest BCUT2D eigenvalue weighted by Gasteiger charge is 2.31. The molecular formula is C19H21N5O2. The van der Waals surface area contributed by atoms with Gasteiger partial charge in [-0.2, -0.15) is 5.10 Å². The highest BCUT2D eigenvalue weighted by Crippen LogP contribution is 2.30. The third kappa shape index (κ3) is 2.50. The summed E-state index contributed by atoms with van der Waals surface area (Å²) in [6.07, 6.45) is 9.50. The van der Waals surface area contributed by atoms with Gasteiger partial charge in [0, 0.05) is 48.9 Å². The van der Waals surface area contributed by atoms with Crippen molar-refractivity contribution in [1.29, 1.82) is 0 Å². The molecule has 7 nitrogen and oxygen atoms in total. The molecule has 5 rings (SSSR count). The third-order valence-electron chi connectivity index (χ3n) is 5.67. The van der Waals surface area contributed by atoms with E-state index >= 15 is 0 Å². The van der Waals surface area contributed by atoms with E-state index in [1.54, 1.807) is 6.20 Å². The summed E-state index contributed by atoms with van der Waals surface area (Å²) in [6.45, 7) is 1.46. The summed E-state index contributed by atoms with van der Waals surface area (Å²) >= 11 is 0. The van der Waals surface area contributed by atoms with E-state index < -0.39 is 0 Å². The van der Waals surface area contributed by atoms with Crippen LogP contribution in [0.3, 0.4) is 0 Å². The van der Waals surface area contributed by atoms with Crippen LogP contribution in [0.2, 0.25) is 0 Å². The number of amides is 1. The predicted molar refractivity (Wildman–Crippen MR) is 94.0 cm³/mol. The highest BCUT2D eigenvalue weighted by molar-refractivity contribution is 5.94. The van der Waals surface area contributed by atoms with Gasteiger partial charge in [-0.25, -0.2) is 9.50 Å². The summed E-state index contributed by atoms with van der Waals surface area (Å²) in [6, 6.07) is 3.95. The van der Waals surface area contributed by atoms with E-state index in [1.807, 2.05) is 27.7 Å². The van der Waals surface area contributed by atoms with Gasteiger partial charge >= 0.3 is 0 Å². The van der Waals surface area contributed by atoms with Crippen LogP contribution in [0.25, 0.3) is 5.65 Å². The molecule has 1 saturated heterocycles. The van der Waals surface area contributed by atoms with Crippen LogP contribution in [-0.4, -0.2) is 43.7 Å². The van der Waals surface area contributed by atoms with Crippen molar-refractivity contribution in [2.75, 3.05) is 13.1 Å². The Morgan fingerprint density at radius 3 is 2.85 bits per heavy atom. The van der Waals surface area contributed by atoms with Gasteiger partial charge in [0.15, 0.2) is 11.3 Å². The van der Waals surface area contributed by atoms with Crippen LogP contribution < -0.4 is 0 Å². The van der Waals surface area contributed by atoms with Crippen LogP contribution in [0.15, 0.2) is 29.0 Å². The molecular weight excluding hydrogens is 330 g/mol. The van der Waals surface area contributed by atoms with Crippen LogP contribution in [-0.2, 0) is 12.8 Å². The molecule has 1 fully saturated rings. The fourth-order valence-corrected chi connectivity index (χ4v) is 4.24. The van der Waals surface area contributed by atoms with Crippen molar-refractivity contribution in [3.8, 4) is 0 Å². The molecule has 0 spiro atoms. The second-order valence-corrected chi connectivity index (χ2v) is 7.18. The van der Waals surface area contributed by atoms with Crippen molar-refractivity contribution in [2.45, 2.75) is 44.4 Å². The SMILES string of the molecule is O=C(c1noc2c1CCCC2)N1CCC(c2ccnc3ccnn23)CC1. The number of fused-ring (bicyclic) bond motifs is 2. The summed E-state index contributed by atoms with van der Waals surface area (Å²) in [5.41, 5.74) is 3.62. The van der Waals surface area contributed by atoms with E-state index in [9.17, 15) is 4.79 Å². The highest BCUT2D eigenvalue weighted by atomic mass is 16.5. The number of hydrogen-bond acceptors (Lipinski definition) is 5. The van der Waals surface area contributed by atoms with Crippen molar-refractivity contribution < 1.29 is 9.32 Å². The minimum Gasteiger partial charge on any atom is -0.360 e. The molecule has 0 atom stereocenters. The lowest BCUT2D eigenvalue weighted by molar-refractivity contribution is 0.0700. The first-order chi connectivity index (χ1) is 12.8. The number of likely N-dealkylation sites (tertiary alicyclic amines) is 1. The molecule has 134 valence electrons. The standard InChI is InChI=1S/C19H21N5O2/c25-19(18-14-3-1-2-4-16(14)26-22-18)23-11-7-13(8-12-23)15-5-9-20-17-6-10-21-24(15)17/h5-6,9-10,13H,1-4,7-8,11-12H2. The topological polar surface area (TPSA) is 76.5 Å². The van der Waals surface area contributed by atoms with Gasteiger partial charge in [-0.3, -0.25) is 4.79 Å². The van der Waals surface area contributed by atoms with Crippen molar-refractivity contribution in [2.24, 2.45) is 0 Å². The number of aromatic nitrogens is 4. The second-order valence-electron chi connectivity index (χ2n) is 7.18. The van der Waals surface area contributed by atoms with Crippen LogP contribution in [0.4, 0.5) is 0 Å². The van der Waals surface area contributed by atoms with Gasteiger partial charge in [-0.05, 0) is 38.2 Å². The summed E-state index contributed by atoms with van der Waals surface area (Å²) in [5, 5.41) is 8.48. The van der Waals surface area contributed by atoms with E-state index in [4.69, 9.17) is 4.52 Å². The number of piperidine rings is 1. The molecule has 0 unspecified atom stereocenters. The predicted octanol–water partition coefficient (Wildman–Crippen LogP) is 2.62. The van der Waals surface area contributed by atoms with Gasteiger partial charge in [-0.1, -0.05) is 5.16 Å². The Morgan fingerprint density at radius 2 is 1.96 bits per heavy atom. The van der Waals surface area contributed by atoms with Gasteiger partial charge in [0.1, 0.15) is 5.76 Å². The van der Waals surface area contributed by atoms with E-state index in [1.165, 1.54) is 5.69 Å². The summed E-state index contributed by atoms with van der Waals surface area (Å²) in [5.74, 6) is 1.32. The smallest absolute Gasteiger partial charge is 0.276 e. The summed E-state index contributed by atoms with van der Waals surface area (Å²) < 4.78 is 7.33. The van der Waals surface area contributed by atoms with Crippen LogP contribution >= 0.6 is 0 Å². The van der Waals surface area contributed by atoms with E-state index in [0.717, 1.165) is 68.6 Å². The number of aryl methyl sites for hydroxylation is 1. The zero-order valence-corrected chi connectivity index (χ0v) is 14.6. The quantitative estimate of drug-likeness (QED) is 0.709. The number of rotatable bonds is 2. The third-order valence-corrected chi connectivity index (χ3v) is 5.67. The molecule has 4 heterocycles. The lowest BCUT2D eigenvalue weighted by Crippen LogP contribution is -2.38. The minimum atomic E-state index is 0.0225. The first-order valence-electron chi connectivity index (χ1n) is 9.36. The molecule has 0 N–H and O–H groups in total. The number of hydrogen-bond donors (Lipinski definition) is 0. The molecule has 0 saturated carbocycles. The monoisotopic (exact) mass is 351 g/mol. The largest absolute Gasteiger partial charge is 0.360 e. The fourth-order valence-electron chi connectivity index (χ4n) is 4.24. The summed E-state index contributed by atoms with van der Waals surface area (Å²) in [7, 11) is 0. The first kappa shape index (κ1) is 15.5. The molecule has 1 amide bonds. The molecule has 0 bridgehead atoms. The molecule has 3 aromatic rings. The van der Waals surface area contributed by atoms with Gasteiger partial charge in [-0.15, -0.1) is 0 Å². The van der Waals surface area contributed by atoms with Gasteiger partial charge in [0.25, 0.3) is 5.91 Å². The van der Waals surface area contributed by atoms with E-state index in [-0.39, 0.29) is 5.91 Å². The Balaban J connectivity index is 1.32. The molecule has 1 aliphatic heterocycles. The van der Waals surface area contributed by atoms with Crippen LogP contribution in [0.5, 0.6) is 0 Å². The molecule has 26 heavy (non-hydrogen) atoms. The van der Waals surface area contributed by atoms with Gasteiger partial charge in [0.05, 0.1) is 6.20 Å². The molecule has 3 aromatic heterocycles. The average Bonchev–Trinajstić information content (AvgIpc) is 3.34. The fraction of sp³-hybridized carbons (Fsp3) is 0.474. The number of nitrogens with zero attached hydrogens (tertiary/aromatic N) is 5. The molecule has 2 aliphatic rings. The van der Waals surface area contributed by atoms with Crippen LogP contribution in [0, 0.1) is 0 Å². The van der Waals surface area contributed by atoms with Crippen molar-refractivity contribution in [3.05, 3.63) is 47.2 Å². The summed E-state index contributed by atoms with van der Waals surface area (Å²) in [4.78, 5) is 19.2. The number of carbonyl (C=O) groups excluding carboxylic acids is 1. The lowest BCUT2D eigenvalue weighted by atomic mass is 9.92. The Bertz CT molecular complexity index is 952. The zero-order valence-electron chi connectivity index (χ0n) is 14.6. The molecule has 0 aromatic carbocycles. The van der Waals surface area contributed by atoms with E-state index in [2.05, 4.69) is 15.2 Å². The normalized spacial score (nSPS) is 18.2. The van der Waals surface area contributed by atoms with Crippen LogP contribution in [0.1, 0.15) is 59.1 Å². The molecule has 7 heteroatoms. The molecule has 1 aliphatic carbocycles. The Morgan fingerprint density at radius 1 is 1.12 bits per heavy atom. The Labute approximate surface area is 151 Å². The Kier molecular flexibility index (Phi) is 3.72. The van der Waals surface area contributed by atoms with Crippen molar-refractivity contribution in [3.63, 3.8) is 0 Å². The van der Waals surface area contributed by atoms with Gasteiger partial charge < -0.3 is 9.42 Å². The first-order valence-corrected chi connectivity index (χ1v) is 9.36. The van der Waals surface area contributed by atoms with Crippen molar-refractivity contribution in [1.82, 2.24) is 24.7 Å². The molecule has 0 radical (unpaired) electrons.